The van der Waals surface area contributed by atoms with E-state index in [1.54, 1.807) is 12.1 Å². The minimum Gasteiger partial charge on any atom is -0.396 e. The van der Waals surface area contributed by atoms with Gasteiger partial charge in [0, 0.05) is 23.2 Å². The zero-order valence-corrected chi connectivity index (χ0v) is 15.2. The minimum atomic E-state index is -0.237. The Morgan fingerprint density at radius 2 is 2.28 bits per heavy atom. The molecule has 2 aromatic rings. The highest BCUT2D eigenvalue weighted by Gasteiger charge is 2.33. The van der Waals surface area contributed by atoms with Crippen LogP contribution >= 0.6 is 23.4 Å². The molecule has 3 N–H and O–H groups in total. The number of aliphatic hydroxyl groups excluding tert-OH is 1. The SMILES string of the molecule is CC1NC(SCc2nc(-c3cccc(Cl)c3)no2)NC(=O)C1CCO. The average molecular weight is 383 g/mol. The van der Waals surface area contributed by atoms with Gasteiger partial charge in [0.05, 0.1) is 11.7 Å². The zero-order chi connectivity index (χ0) is 17.8. The molecule has 2 heterocycles. The second kappa shape index (κ2) is 8.18. The van der Waals surface area contributed by atoms with Gasteiger partial charge >= 0.3 is 0 Å². The maximum absolute atomic E-state index is 12.1. The number of amides is 1. The number of hydrogen-bond acceptors (Lipinski definition) is 7. The Balaban J connectivity index is 1.57. The summed E-state index contributed by atoms with van der Waals surface area (Å²) >= 11 is 7.43. The molecular weight excluding hydrogens is 364 g/mol. The molecule has 3 unspecified atom stereocenters. The molecule has 1 aromatic heterocycles. The first-order valence-electron chi connectivity index (χ1n) is 7.94. The quantitative estimate of drug-likeness (QED) is 0.702. The summed E-state index contributed by atoms with van der Waals surface area (Å²) in [6, 6.07) is 7.23. The monoisotopic (exact) mass is 382 g/mol. The van der Waals surface area contributed by atoms with Crippen LogP contribution in [0.4, 0.5) is 0 Å². The molecule has 0 aliphatic carbocycles. The maximum Gasteiger partial charge on any atom is 0.237 e. The highest BCUT2D eigenvalue weighted by Crippen LogP contribution is 2.23. The van der Waals surface area contributed by atoms with Crippen LogP contribution in [0, 0.1) is 5.92 Å². The molecule has 1 saturated heterocycles. The second-order valence-electron chi connectivity index (χ2n) is 5.80. The summed E-state index contributed by atoms with van der Waals surface area (Å²) in [5.41, 5.74) is 0.552. The van der Waals surface area contributed by atoms with Crippen LogP contribution in [0.1, 0.15) is 19.2 Å². The van der Waals surface area contributed by atoms with Gasteiger partial charge in [-0.1, -0.05) is 28.9 Å². The first kappa shape index (κ1) is 18.2. The van der Waals surface area contributed by atoms with Crippen LogP contribution in [0.3, 0.4) is 0 Å². The topological polar surface area (TPSA) is 100 Å². The first-order valence-corrected chi connectivity index (χ1v) is 9.37. The molecule has 0 saturated carbocycles. The van der Waals surface area contributed by atoms with Gasteiger partial charge < -0.3 is 14.9 Å². The summed E-state index contributed by atoms with van der Waals surface area (Å²) in [4.78, 5) is 16.5. The predicted molar refractivity (Wildman–Crippen MR) is 95.8 cm³/mol. The minimum absolute atomic E-state index is 0.00379. The van der Waals surface area contributed by atoms with E-state index in [0.29, 0.717) is 28.9 Å². The zero-order valence-electron chi connectivity index (χ0n) is 13.6. The van der Waals surface area contributed by atoms with Gasteiger partial charge in [-0.15, -0.1) is 11.8 Å². The fourth-order valence-corrected chi connectivity index (χ4v) is 3.81. The molecule has 0 spiro atoms. The molecule has 1 aromatic carbocycles. The number of carbonyl (C=O) groups is 1. The lowest BCUT2D eigenvalue weighted by Crippen LogP contribution is -2.59. The summed E-state index contributed by atoms with van der Waals surface area (Å²) < 4.78 is 5.26. The van der Waals surface area contributed by atoms with Crippen molar-refractivity contribution in [1.29, 1.82) is 0 Å². The van der Waals surface area contributed by atoms with Crippen LogP contribution in [0.25, 0.3) is 11.4 Å². The number of halogens is 1. The number of nitrogens with one attached hydrogen (secondary N) is 2. The van der Waals surface area contributed by atoms with Gasteiger partial charge in [-0.2, -0.15) is 4.98 Å². The van der Waals surface area contributed by atoms with E-state index in [1.165, 1.54) is 11.8 Å². The number of thioether (sulfide) groups is 1. The van der Waals surface area contributed by atoms with Crippen LogP contribution in [0.2, 0.25) is 5.02 Å². The van der Waals surface area contributed by atoms with Crippen molar-refractivity contribution in [2.24, 2.45) is 5.92 Å². The number of carbonyl (C=O) groups excluding carboxylic acids is 1. The summed E-state index contributed by atoms with van der Waals surface area (Å²) in [5, 5.41) is 19.8. The third kappa shape index (κ3) is 4.52. The molecule has 0 radical (unpaired) electrons. The largest absolute Gasteiger partial charge is 0.396 e. The molecule has 7 nitrogen and oxygen atoms in total. The molecule has 3 rings (SSSR count). The molecule has 134 valence electrons. The van der Waals surface area contributed by atoms with E-state index in [2.05, 4.69) is 20.8 Å². The summed E-state index contributed by atoms with van der Waals surface area (Å²) in [6.45, 7) is 1.94. The molecule has 0 bridgehead atoms. The van der Waals surface area contributed by atoms with Gasteiger partial charge in [-0.25, -0.2) is 0 Å². The predicted octanol–water partition coefficient (Wildman–Crippen LogP) is 2.01. The van der Waals surface area contributed by atoms with Crippen LogP contribution < -0.4 is 10.6 Å². The lowest BCUT2D eigenvalue weighted by Gasteiger charge is -2.34. The smallest absolute Gasteiger partial charge is 0.237 e. The van der Waals surface area contributed by atoms with E-state index in [0.717, 1.165) is 5.56 Å². The van der Waals surface area contributed by atoms with E-state index in [9.17, 15) is 4.79 Å². The third-order valence-corrected chi connectivity index (χ3v) is 5.23. The van der Waals surface area contributed by atoms with Crippen molar-refractivity contribution in [3.8, 4) is 11.4 Å². The van der Waals surface area contributed by atoms with Crippen molar-refractivity contribution >= 4 is 29.3 Å². The Labute approximate surface area is 154 Å². The van der Waals surface area contributed by atoms with E-state index in [-0.39, 0.29) is 30.0 Å². The van der Waals surface area contributed by atoms with Gasteiger partial charge in [0.2, 0.25) is 17.6 Å². The maximum atomic E-state index is 12.1. The fourth-order valence-electron chi connectivity index (χ4n) is 2.68. The van der Waals surface area contributed by atoms with Crippen molar-refractivity contribution in [1.82, 2.24) is 20.8 Å². The van der Waals surface area contributed by atoms with Gasteiger partial charge in [0.15, 0.2) is 0 Å². The highest BCUT2D eigenvalue weighted by atomic mass is 35.5. The average Bonchev–Trinajstić information content (AvgIpc) is 3.05. The van der Waals surface area contributed by atoms with Gasteiger partial charge in [-0.05, 0) is 25.5 Å². The second-order valence-corrected chi connectivity index (χ2v) is 7.33. The van der Waals surface area contributed by atoms with Crippen molar-refractivity contribution < 1.29 is 14.4 Å². The fraction of sp³-hybridized carbons (Fsp3) is 0.438. The lowest BCUT2D eigenvalue weighted by atomic mass is 9.95. The van der Waals surface area contributed by atoms with Crippen LogP contribution in [-0.2, 0) is 10.5 Å². The van der Waals surface area contributed by atoms with E-state index in [4.69, 9.17) is 21.2 Å². The standard InChI is InChI=1S/C16H19ClN4O3S/c1-9-12(5-6-22)15(23)20-16(18-9)25-8-13-19-14(21-24-13)10-3-2-4-11(17)7-10/h2-4,7,9,12,16,18,22H,5-6,8H2,1H3,(H,20,23). The molecular formula is C16H19ClN4O3S. The van der Waals surface area contributed by atoms with E-state index < -0.39 is 0 Å². The summed E-state index contributed by atoms with van der Waals surface area (Å²) in [5.74, 6) is 1.14. The molecule has 25 heavy (non-hydrogen) atoms. The summed E-state index contributed by atoms with van der Waals surface area (Å²) in [7, 11) is 0. The Kier molecular flexibility index (Phi) is 5.95. The normalized spacial score (nSPS) is 23.5. The molecule has 1 aliphatic heterocycles. The molecule has 9 heteroatoms. The van der Waals surface area contributed by atoms with Crippen LogP contribution in [0.15, 0.2) is 28.8 Å². The van der Waals surface area contributed by atoms with Gasteiger partial charge in [0.1, 0.15) is 5.50 Å². The van der Waals surface area contributed by atoms with E-state index in [1.807, 2.05) is 19.1 Å². The molecule has 1 fully saturated rings. The number of hydrogen-bond donors (Lipinski definition) is 3. The Morgan fingerprint density at radius 1 is 1.44 bits per heavy atom. The number of aliphatic hydroxyl groups is 1. The van der Waals surface area contributed by atoms with Crippen LogP contribution in [-0.4, -0.2) is 39.3 Å². The Morgan fingerprint density at radius 3 is 3.00 bits per heavy atom. The van der Waals surface area contributed by atoms with Crippen molar-refractivity contribution in [3.05, 3.63) is 35.2 Å². The highest BCUT2D eigenvalue weighted by molar-refractivity contribution is 7.99. The van der Waals surface area contributed by atoms with Crippen molar-refractivity contribution in [2.75, 3.05) is 6.61 Å². The van der Waals surface area contributed by atoms with Crippen LogP contribution in [0.5, 0.6) is 0 Å². The third-order valence-electron chi connectivity index (χ3n) is 3.99. The number of nitrogens with zero attached hydrogens (tertiary/aromatic N) is 2. The Bertz CT molecular complexity index is 742. The number of aromatic nitrogens is 2. The number of rotatable bonds is 6. The van der Waals surface area contributed by atoms with Crippen molar-refractivity contribution in [3.63, 3.8) is 0 Å². The van der Waals surface area contributed by atoms with E-state index >= 15 is 0 Å². The number of benzene rings is 1. The van der Waals surface area contributed by atoms with Gasteiger partial charge in [-0.3, -0.25) is 10.1 Å². The molecule has 1 amide bonds. The summed E-state index contributed by atoms with van der Waals surface area (Å²) in [6.07, 6.45) is 0.448. The van der Waals surface area contributed by atoms with Crippen molar-refractivity contribution in [2.45, 2.75) is 30.6 Å². The molecule has 1 aliphatic rings. The Hall–Kier alpha value is -1.61. The lowest BCUT2D eigenvalue weighted by molar-refractivity contribution is -0.128. The first-order chi connectivity index (χ1) is 12.1. The molecule has 3 atom stereocenters. The van der Waals surface area contributed by atoms with Gasteiger partial charge in [0.25, 0.3) is 0 Å².